The van der Waals surface area contributed by atoms with Gasteiger partial charge in [0.25, 0.3) is 11.8 Å². The van der Waals surface area contributed by atoms with Gasteiger partial charge in [-0.25, -0.2) is 0 Å². The highest BCUT2D eigenvalue weighted by molar-refractivity contribution is 6.05. The van der Waals surface area contributed by atoms with E-state index in [-0.39, 0.29) is 55.4 Å². The highest BCUT2D eigenvalue weighted by Gasteiger charge is 2.41. The Morgan fingerprint density at radius 2 is 0.943 bits per heavy atom. The summed E-state index contributed by atoms with van der Waals surface area (Å²) in [5, 5.41) is 22.6. The molecule has 105 heavy (non-hydrogen) atoms. The Bertz CT molecular complexity index is 4330. The molecule has 0 saturated carbocycles. The summed E-state index contributed by atoms with van der Waals surface area (Å²) in [4.78, 5) is 77.2. The quantitative estimate of drug-likeness (QED) is 0.0186. The Labute approximate surface area is 613 Å². The number of amides is 5. The van der Waals surface area contributed by atoms with Crippen molar-refractivity contribution in [1.29, 1.82) is 0 Å². The molecule has 0 aromatic heterocycles. The molecule has 8 aromatic rings. The van der Waals surface area contributed by atoms with Crippen molar-refractivity contribution >= 4 is 35.5 Å². The maximum absolute atomic E-state index is 13.1. The lowest BCUT2D eigenvalue weighted by atomic mass is 9.69. The van der Waals surface area contributed by atoms with E-state index in [0.29, 0.717) is 125 Å². The minimum atomic E-state index is -0.921. The Kier molecular flexibility index (Phi) is 24.6. The first-order valence-corrected chi connectivity index (χ1v) is 36.7. The van der Waals surface area contributed by atoms with Crippen molar-refractivity contribution in [2.24, 2.45) is 5.73 Å². The van der Waals surface area contributed by atoms with Gasteiger partial charge in [-0.3, -0.25) is 34.1 Å². The van der Waals surface area contributed by atoms with E-state index in [0.717, 1.165) is 61.2 Å². The molecule has 13 rings (SSSR count). The number of imide groups is 1. The van der Waals surface area contributed by atoms with Crippen LogP contribution in [0.1, 0.15) is 185 Å². The van der Waals surface area contributed by atoms with E-state index in [4.69, 9.17) is 38.9 Å². The summed E-state index contributed by atoms with van der Waals surface area (Å²) >= 11 is 0. The van der Waals surface area contributed by atoms with E-state index in [1.165, 1.54) is 54.3 Å². The number of rotatable bonds is 30. The number of aromatic hydroxyl groups is 2. The Balaban J connectivity index is 0.000000198. The molecule has 8 aromatic carbocycles. The molecule has 3 heterocycles. The van der Waals surface area contributed by atoms with E-state index in [1.807, 2.05) is 48.5 Å². The van der Waals surface area contributed by atoms with Crippen LogP contribution in [-0.4, -0.2) is 126 Å². The van der Waals surface area contributed by atoms with Gasteiger partial charge in [0.15, 0.2) is 0 Å². The number of nitrogens with zero attached hydrogens (tertiary/aromatic N) is 2. The minimum absolute atomic E-state index is 0.0245. The number of benzene rings is 8. The third-order valence-electron chi connectivity index (χ3n) is 20.1. The summed E-state index contributed by atoms with van der Waals surface area (Å²) in [7, 11) is 0. The zero-order valence-corrected chi connectivity index (χ0v) is 60.0. The van der Waals surface area contributed by atoms with Crippen LogP contribution < -0.4 is 30.0 Å². The zero-order valence-electron chi connectivity index (χ0n) is 60.0. The number of phenolic OH excluding ortho intramolecular Hbond substituents is 2. The molecule has 0 spiro atoms. The van der Waals surface area contributed by atoms with Gasteiger partial charge < -0.3 is 58.9 Å². The van der Waals surface area contributed by atoms with E-state index in [9.17, 15) is 39.0 Å². The maximum Gasteiger partial charge on any atom is 0.306 e. The van der Waals surface area contributed by atoms with Gasteiger partial charge >= 0.3 is 5.97 Å². The Morgan fingerprint density at radius 3 is 1.40 bits per heavy atom. The van der Waals surface area contributed by atoms with E-state index in [2.05, 4.69) is 102 Å². The SMILES string of the molecule is CC(C)(C)OC(=O)CC[C@@H](C(N)=O)N1Cc2cc(OCCCOCCCOc3ccc([C@@H]4c5ccc(O)cc5CC[C@@H]4c4ccccc4)cc3)ccc2C1=O.O=C1CCC(N2Cc3cc(OCCCOCCCOc4ccc([C@@H]5c6ccc(O)cc6CC[C@@H]5c5ccccc5)cc4)ccc3C2=O)C(=O)N1. The molecule has 3 aliphatic heterocycles. The fraction of sp³-hybridized carbons (Fsp3) is 0.372. The first kappa shape index (κ1) is 74.2. The first-order valence-electron chi connectivity index (χ1n) is 36.7. The molecule has 5 aliphatic rings. The molecule has 1 unspecified atom stereocenters. The number of nitrogens with two attached hydrogens (primary N) is 1. The number of esters is 1. The van der Waals surface area contributed by atoms with Crippen LogP contribution in [0.25, 0.3) is 0 Å². The number of nitrogens with one attached hydrogen (secondary N) is 1. The van der Waals surface area contributed by atoms with Gasteiger partial charge in [-0.05, 0) is 212 Å². The summed E-state index contributed by atoms with van der Waals surface area (Å²) in [5.74, 6) is 2.38. The summed E-state index contributed by atoms with van der Waals surface area (Å²) in [5.41, 5.74) is 17.8. The standard InChI is InChI=1S/C45H52N2O8.C41H42N2O7/c1-45(2,3)55-41(49)22-21-40(43(46)50)47-29-33-28-36(17-20-39(33)44(47)51)54-26-8-24-52-23-7-25-53-35-15-11-31(12-16-35)42-37(30-9-5-4-6-10-30)18-13-32-27-34(48)14-19-38(32)42;44-31-11-16-35-29(24-31)10-15-34(27-6-2-1-3-7-27)39(35)28-8-12-32(13-9-28)49-22-4-20-48-21-5-23-50-33-14-17-36-30(25-33)26-43(41(36)47)37-18-19-38(45)42-40(37)46/h4-6,9-12,14-17,19-20,27-28,37,40,42,48H,7-8,13,18,21-26,29H2,1-3H3,(H2,46,50);1-3,6-9,11-14,16-17,24-25,34,37,39,44H,4-5,10,15,18-23,26H2,(H,42,45,46)/t37-,40+,42+;34-,37?,39+/m11/s1. The predicted molar refractivity (Wildman–Crippen MR) is 397 cm³/mol. The number of aryl methyl sites for hydroxylation is 2. The van der Waals surface area contributed by atoms with Crippen molar-refractivity contribution in [2.75, 3.05) is 52.9 Å². The lowest BCUT2D eigenvalue weighted by Crippen LogP contribution is -2.52. The average Bonchev–Trinajstić information content (AvgIpc) is 1.66. The number of hydrogen-bond acceptors (Lipinski definition) is 15. The highest BCUT2D eigenvalue weighted by Crippen LogP contribution is 2.49. The number of carbonyl (C=O) groups excluding carboxylic acids is 6. The van der Waals surface area contributed by atoms with Crippen molar-refractivity contribution in [3.05, 3.63) is 249 Å². The van der Waals surface area contributed by atoms with Crippen LogP contribution in [0.5, 0.6) is 34.5 Å². The monoisotopic (exact) mass is 1420 g/mol. The Hall–Kier alpha value is -10.5. The fourth-order valence-electron chi connectivity index (χ4n) is 15.1. The lowest BCUT2D eigenvalue weighted by Gasteiger charge is -2.34. The second-order valence-electron chi connectivity index (χ2n) is 28.5. The first-order chi connectivity index (χ1) is 50.9. The molecule has 1 fully saturated rings. The average molecular weight is 1420 g/mol. The van der Waals surface area contributed by atoms with Gasteiger partial charge in [-0.2, -0.15) is 0 Å². The van der Waals surface area contributed by atoms with Crippen molar-refractivity contribution in [3.63, 3.8) is 0 Å². The molecular weight excluding hydrogens is 1330 g/mol. The Morgan fingerprint density at radius 1 is 0.495 bits per heavy atom. The van der Waals surface area contributed by atoms with Crippen LogP contribution in [0.2, 0.25) is 0 Å². The van der Waals surface area contributed by atoms with Crippen LogP contribution >= 0.6 is 0 Å². The third kappa shape index (κ3) is 19.1. The molecule has 548 valence electrons. The zero-order chi connectivity index (χ0) is 73.4. The highest BCUT2D eigenvalue weighted by atomic mass is 16.6. The molecule has 0 radical (unpaired) electrons. The number of carbonyl (C=O) groups is 6. The molecule has 19 heteroatoms. The van der Waals surface area contributed by atoms with E-state index < -0.39 is 35.5 Å². The van der Waals surface area contributed by atoms with Gasteiger partial charge in [-0.15, -0.1) is 0 Å². The van der Waals surface area contributed by atoms with Crippen LogP contribution in [0.3, 0.4) is 0 Å². The molecule has 19 nitrogen and oxygen atoms in total. The normalized spacial score (nSPS) is 18.3. The van der Waals surface area contributed by atoms with Gasteiger partial charge in [-0.1, -0.05) is 97.1 Å². The van der Waals surface area contributed by atoms with Crippen LogP contribution in [0.4, 0.5) is 0 Å². The van der Waals surface area contributed by atoms with Crippen LogP contribution in [-0.2, 0) is 59.3 Å². The van der Waals surface area contributed by atoms with Gasteiger partial charge in [0.05, 0.1) is 26.4 Å². The number of piperidine rings is 1. The van der Waals surface area contributed by atoms with Crippen molar-refractivity contribution in [1.82, 2.24) is 15.1 Å². The molecular formula is C86H94N4O15. The van der Waals surface area contributed by atoms with E-state index in [1.54, 1.807) is 57.2 Å². The number of ether oxygens (including phenoxy) is 7. The second kappa shape index (κ2) is 34.9. The molecule has 0 bridgehead atoms. The molecule has 6 atom stereocenters. The van der Waals surface area contributed by atoms with Gasteiger partial charge in [0.2, 0.25) is 17.7 Å². The van der Waals surface area contributed by atoms with Crippen LogP contribution in [0.15, 0.2) is 182 Å². The number of primary amides is 1. The van der Waals surface area contributed by atoms with Gasteiger partial charge in [0.1, 0.15) is 52.2 Å². The molecule has 5 amide bonds. The van der Waals surface area contributed by atoms with Crippen molar-refractivity contribution in [2.45, 2.75) is 152 Å². The maximum atomic E-state index is 13.1. The summed E-state index contributed by atoms with van der Waals surface area (Å²) < 4.78 is 40.9. The topological polar surface area (TPSA) is 252 Å². The number of fused-ring (bicyclic) bond motifs is 4. The van der Waals surface area contributed by atoms with E-state index >= 15 is 0 Å². The number of hydrogen-bond donors (Lipinski definition) is 4. The second-order valence-corrected chi connectivity index (χ2v) is 28.5. The predicted octanol–water partition coefficient (Wildman–Crippen LogP) is 13.7. The fourth-order valence-corrected chi connectivity index (χ4v) is 15.1. The summed E-state index contributed by atoms with van der Waals surface area (Å²) in [6, 6.07) is 58.9. The van der Waals surface area contributed by atoms with Crippen LogP contribution in [0, 0.1) is 0 Å². The summed E-state index contributed by atoms with van der Waals surface area (Å²) in [6.45, 7) is 10.1. The molecule has 1 saturated heterocycles. The lowest BCUT2D eigenvalue weighted by molar-refractivity contribution is -0.155. The van der Waals surface area contributed by atoms with Crippen molar-refractivity contribution < 1.29 is 72.1 Å². The summed E-state index contributed by atoms with van der Waals surface area (Å²) in [6.07, 6.45) is 7.49. The minimum Gasteiger partial charge on any atom is -0.508 e. The number of phenols is 2. The molecule has 5 N–H and O–H groups in total. The largest absolute Gasteiger partial charge is 0.508 e. The van der Waals surface area contributed by atoms with Crippen molar-refractivity contribution in [3.8, 4) is 34.5 Å². The van der Waals surface area contributed by atoms with Gasteiger partial charge in [0, 0.05) is 101 Å². The third-order valence-corrected chi connectivity index (χ3v) is 20.1. The molecule has 2 aliphatic carbocycles. The smallest absolute Gasteiger partial charge is 0.306 e.